The Morgan fingerprint density at radius 3 is 2.72 bits per heavy atom. The first-order valence-corrected chi connectivity index (χ1v) is 10.5. The van der Waals surface area contributed by atoms with Crippen LogP contribution >= 0.6 is 0 Å². The van der Waals surface area contributed by atoms with Gasteiger partial charge < -0.3 is 9.64 Å². The number of nitrogens with zero attached hydrogens (tertiary/aromatic N) is 3. The zero-order valence-electron chi connectivity index (χ0n) is 16.4. The minimum absolute atomic E-state index is 0.187. The molecule has 2 fully saturated rings. The number of benzene rings is 1. The lowest BCUT2D eigenvalue weighted by Crippen LogP contribution is -2.35. The fourth-order valence-electron chi connectivity index (χ4n) is 4.26. The van der Waals surface area contributed by atoms with Crippen LogP contribution in [0.4, 0.5) is 0 Å². The van der Waals surface area contributed by atoms with Crippen molar-refractivity contribution >= 4 is 16.8 Å². The first kappa shape index (κ1) is 18.3. The van der Waals surface area contributed by atoms with Crippen molar-refractivity contribution in [2.24, 2.45) is 5.92 Å². The number of ether oxygens (including phenoxy) is 1. The number of rotatable bonds is 7. The fourth-order valence-corrected chi connectivity index (χ4v) is 4.26. The predicted octanol–water partition coefficient (Wildman–Crippen LogP) is 4.46. The van der Waals surface area contributed by atoms with Gasteiger partial charge in [0.2, 0.25) is 5.91 Å². The van der Waals surface area contributed by atoms with E-state index >= 15 is 0 Å². The number of para-hydroxylation sites is 1. The number of carbonyl (C=O) groups excluding carboxylic acids is 1. The Balaban J connectivity index is 1.64. The van der Waals surface area contributed by atoms with E-state index in [9.17, 15) is 4.79 Å². The molecule has 0 N–H and O–H groups in total. The molecule has 3 aromatic rings. The van der Waals surface area contributed by atoms with E-state index in [-0.39, 0.29) is 18.1 Å². The van der Waals surface area contributed by atoms with E-state index < -0.39 is 0 Å². The molecular weight excluding hydrogens is 362 g/mol. The van der Waals surface area contributed by atoms with Gasteiger partial charge in [-0.3, -0.25) is 14.8 Å². The molecule has 1 aliphatic heterocycles. The van der Waals surface area contributed by atoms with Crippen LogP contribution in [0.1, 0.15) is 49.0 Å². The number of pyridine rings is 2. The number of hydrogen-bond acceptors (Lipinski definition) is 4. The van der Waals surface area contributed by atoms with E-state index in [2.05, 4.69) is 34.2 Å². The Morgan fingerprint density at radius 1 is 1.10 bits per heavy atom. The van der Waals surface area contributed by atoms with E-state index in [0.29, 0.717) is 12.3 Å². The van der Waals surface area contributed by atoms with Crippen molar-refractivity contribution < 1.29 is 9.53 Å². The van der Waals surface area contributed by atoms with Crippen LogP contribution < -0.4 is 0 Å². The maximum Gasteiger partial charge on any atom is 0.223 e. The van der Waals surface area contributed by atoms with E-state index in [1.54, 1.807) is 6.20 Å². The Bertz CT molecular complexity index is 998. The van der Waals surface area contributed by atoms with Crippen LogP contribution in [0, 0.1) is 5.92 Å². The number of hydrogen-bond donors (Lipinski definition) is 0. The zero-order chi connectivity index (χ0) is 19.6. The van der Waals surface area contributed by atoms with Crippen LogP contribution in [-0.4, -0.2) is 33.9 Å². The molecule has 5 heteroatoms. The molecule has 3 heterocycles. The Kier molecular flexibility index (Phi) is 4.98. The first-order chi connectivity index (χ1) is 14.3. The number of carbonyl (C=O) groups is 1. The molecule has 29 heavy (non-hydrogen) atoms. The van der Waals surface area contributed by atoms with Gasteiger partial charge in [0.15, 0.2) is 0 Å². The summed E-state index contributed by atoms with van der Waals surface area (Å²) in [4.78, 5) is 23.8. The van der Waals surface area contributed by atoms with Crippen molar-refractivity contribution in [3.8, 4) is 0 Å². The molecular formula is C24H25N3O2. The molecule has 5 nitrogen and oxygen atoms in total. The third-order valence-electron chi connectivity index (χ3n) is 5.94. The van der Waals surface area contributed by atoms with Gasteiger partial charge in [-0.05, 0) is 37.3 Å². The molecule has 1 amide bonds. The van der Waals surface area contributed by atoms with E-state index in [4.69, 9.17) is 4.74 Å². The van der Waals surface area contributed by atoms with Crippen molar-refractivity contribution in [2.75, 3.05) is 13.2 Å². The molecule has 0 radical (unpaired) electrons. The van der Waals surface area contributed by atoms with Gasteiger partial charge in [0.05, 0.1) is 18.2 Å². The predicted molar refractivity (Wildman–Crippen MR) is 111 cm³/mol. The van der Waals surface area contributed by atoms with Gasteiger partial charge >= 0.3 is 0 Å². The van der Waals surface area contributed by atoms with Gasteiger partial charge in [-0.2, -0.15) is 0 Å². The summed E-state index contributed by atoms with van der Waals surface area (Å²) in [6.45, 7) is 1.46. The van der Waals surface area contributed by atoms with Crippen molar-refractivity contribution in [3.63, 3.8) is 0 Å². The van der Waals surface area contributed by atoms with Crippen LogP contribution in [-0.2, 0) is 9.53 Å². The molecule has 0 bridgehead atoms. The average molecular weight is 387 g/mol. The highest BCUT2D eigenvalue weighted by Crippen LogP contribution is 2.42. The highest BCUT2D eigenvalue weighted by Gasteiger charge is 2.38. The van der Waals surface area contributed by atoms with Gasteiger partial charge in [0.25, 0.3) is 0 Å². The summed E-state index contributed by atoms with van der Waals surface area (Å²) in [7, 11) is 0. The minimum atomic E-state index is -0.265. The van der Waals surface area contributed by atoms with Crippen LogP contribution in [0.25, 0.3) is 10.9 Å². The Labute approximate surface area is 170 Å². The normalized spacial score (nSPS) is 18.9. The summed E-state index contributed by atoms with van der Waals surface area (Å²) in [6.07, 6.45) is 9.12. The average Bonchev–Trinajstić information content (AvgIpc) is 3.51. The Hall–Kier alpha value is -2.79. The van der Waals surface area contributed by atoms with Crippen LogP contribution in [0.2, 0.25) is 0 Å². The third-order valence-corrected chi connectivity index (χ3v) is 5.94. The van der Waals surface area contributed by atoms with Crippen molar-refractivity contribution in [2.45, 2.75) is 37.8 Å². The lowest BCUT2D eigenvalue weighted by molar-refractivity contribution is -0.133. The molecule has 1 saturated carbocycles. The lowest BCUT2D eigenvalue weighted by Gasteiger charge is -2.35. The van der Waals surface area contributed by atoms with Crippen LogP contribution in [0.5, 0.6) is 0 Å². The highest BCUT2D eigenvalue weighted by atomic mass is 16.5. The zero-order valence-corrected chi connectivity index (χ0v) is 16.4. The summed E-state index contributed by atoms with van der Waals surface area (Å²) in [5, 5.41) is 1.08. The van der Waals surface area contributed by atoms with Crippen molar-refractivity contribution in [3.05, 3.63) is 72.2 Å². The van der Waals surface area contributed by atoms with Gasteiger partial charge in [-0.15, -0.1) is 0 Å². The largest absolute Gasteiger partial charge is 0.371 e. The minimum Gasteiger partial charge on any atom is -0.371 e. The monoisotopic (exact) mass is 387 g/mol. The molecule has 1 saturated heterocycles. The van der Waals surface area contributed by atoms with Crippen molar-refractivity contribution in [1.29, 1.82) is 0 Å². The molecule has 2 atom stereocenters. The van der Waals surface area contributed by atoms with Gasteiger partial charge in [0, 0.05) is 48.1 Å². The number of fused-ring (bicyclic) bond motifs is 1. The highest BCUT2D eigenvalue weighted by molar-refractivity contribution is 5.84. The molecule has 2 aromatic heterocycles. The lowest BCUT2D eigenvalue weighted by atomic mass is 9.93. The second-order valence-corrected chi connectivity index (χ2v) is 8.04. The maximum atomic E-state index is 12.8. The summed E-state index contributed by atoms with van der Waals surface area (Å²) in [5.74, 6) is 0.821. The van der Waals surface area contributed by atoms with Gasteiger partial charge in [-0.1, -0.05) is 30.3 Å². The second kappa shape index (κ2) is 7.91. The van der Waals surface area contributed by atoms with E-state index in [1.807, 2.05) is 35.5 Å². The third kappa shape index (κ3) is 3.75. The molecule has 5 rings (SSSR count). The van der Waals surface area contributed by atoms with E-state index in [0.717, 1.165) is 41.6 Å². The second-order valence-electron chi connectivity index (χ2n) is 8.04. The summed E-state index contributed by atoms with van der Waals surface area (Å²) in [5.41, 5.74) is 2.98. The molecule has 1 aliphatic carbocycles. The first-order valence-electron chi connectivity index (χ1n) is 10.5. The Morgan fingerprint density at radius 2 is 1.97 bits per heavy atom. The summed E-state index contributed by atoms with van der Waals surface area (Å²) in [6, 6.07) is 14.0. The quantitative estimate of drug-likeness (QED) is 0.601. The number of likely N-dealkylation sites (tertiary alicyclic amines) is 1. The van der Waals surface area contributed by atoms with Crippen molar-refractivity contribution in [1.82, 2.24) is 14.9 Å². The number of aromatic nitrogens is 2. The van der Waals surface area contributed by atoms with Crippen LogP contribution in [0.15, 0.2) is 61.1 Å². The summed E-state index contributed by atoms with van der Waals surface area (Å²) < 4.78 is 6.52. The summed E-state index contributed by atoms with van der Waals surface area (Å²) >= 11 is 0. The standard InChI is InChI=1S/C24H25N3O2/c28-21-9-4-14-27(21)23(20-8-1-5-18-6-3-13-26-22(18)20)24(29-16-17-10-11-17)19-7-2-12-25-15-19/h1-3,5-8,12-13,15,17,23-24H,4,9-11,14,16H2/t23-,24+/m1/s1. The SMILES string of the molecule is O=C1CCCN1[C@H](c1cccc2cccnc12)[C@@H](OCC1CC1)c1cccnc1. The number of amides is 1. The molecule has 2 aliphatic rings. The molecule has 148 valence electrons. The topological polar surface area (TPSA) is 55.3 Å². The van der Waals surface area contributed by atoms with Gasteiger partial charge in [-0.25, -0.2) is 0 Å². The fraction of sp³-hybridized carbons (Fsp3) is 0.375. The maximum absolute atomic E-state index is 12.8. The van der Waals surface area contributed by atoms with E-state index in [1.165, 1.54) is 12.8 Å². The smallest absolute Gasteiger partial charge is 0.223 e. The molecule has 0 spiro atoms. The van der Waals surface area contributed by atoms with Crippen LogP contribution in [0.3, 0.4) is 0 Å². The molecule has 0 unspecified atom stereocenters. The molecule has 1 aromatic carbocycles. The van der Waals surface area contributed by atoms with Gasteiger partial charge in [0.1, 0.15) is 6.10 Å².